The van der Waals surface area contributed by atoms with E-state index >= 15 is 0 Å². The van der Waals surface area contributed by atoms with Crippen molar-refractivity contribution in [1.29, 1.82) is 0 Å². The maximum Gasteiger partial charge on any atom is 0.0736 e. The van der Waals surface area contributed by atoms with Gasteiger partial charge in [0.15, 0.2) is 0 Å². The predicted molar refractivity (Wildman–Crippen MR) is 36.6 cm³/mol. The second kappa shape index (κ2) is 8.29. The molecule has 0 rings (SSSR count). The molecule has 0 aliphatic carbocycles. The van der Waals surface area contributed by atoms with E-state index in [2.05, 4.69) is 9.68 Å². The Hall–Kier alpha value is -0.320. The molecular formula is C5H14N2O6. The minimum atomic E-state index is -0.348. The van der Waals surface area contributed by atoms with Crippen molar-refractivity contribution in [3.63, 3.8) is 0 Å². The predicted octanol–water partition coefficient (Wildman–Crippen LogP) is 0.181. The Kier molecular flexibility index (Phi) is 8.08. The first-order chi connectivity index (χ1) is 6.13. The van der Waals surface area contributed by atoms with E-state index in [1.807, 2.05) is 0 Å². The summed E-state index contributed by atoms with van der Waals surface area (Å²) in [6, 6.07) is 0. The molecule has 8 nitrogen and oxygen atoms in total. The summed E-state index contributed by atoms with van der Waals surface area (Å²) < 4.78 is 0. The smallest absolute Gasteiger partial charge is 0.0736 e. The molecule has 0 atom stereocenters. The van der Waals surface area contributed by atoms with Gasteiger partial charge in [0.05, 0.1) is 24.0 Å². The van der Waals surface area contributed by atoms with E-state index in [9.17, 15) is 0 Å². The maximum absolute atomic E-state index is 8.10. The molecule has 0 spiro atoms. The van der Waals surface area contributed by atoms with Gasteiger partial charge in [-0.05, 0) is 19.3 Å². The molecule has 0 aromatic rings. The summed E-state index contributed by atoms with van der Waals surface area (Å²) in [7, 11) is 0. The molecule has 0 aliphatic rings. The Bertz CT molecular complexity index is 99.2. The summed E-state index contributed by atoms with van der Waals surface area (Å²) in [5, 5.41) is 31.7. The number of nitrogens with zero attached hydrogens (tertiary/aromatic N) is 2. The summed E-state index contributed by atoms with van der Waals surface area (Å²) in [6.45, 7) is 0.351. The quantitative estimate of drug-likeness (QED) is 0.323. The highest BCUT2D eigenvalue weighted by Gasteiger charge is 1.96. The molecule has 80 valence electrons. The molecule has 0 aliphatic heterocycles. The number of hydrogen-bond donors (Lipinski definition) is 4. The van der Waals surface area contributed by atoms with Crippen LogP contribution in [-0.4, -0.2) is 44.8 Å². The lowest BCUT2D eigenvalue weighted by Gasteiger charge is -2.07. The van der Waals surface area contributed by atoms with Crippen LogP contribution < -0.4 is 0 Å². The van der Waals surface area contributed by atoms with Gasteiger partial charge in [0, 0.05) is 0 Å². The van der Waals surface area contributed by atoms with Gasteiger partial charge in [0.1, 0.15) is 0 Å². The minimum Gasteiger partial charge on any atom is -0.266 e. The Labute approximate surface area is 74.8 Å². The van der Waals surface area contributed by atoms with Gasteiger partial charge in [0.25, 0.3) is 0 Å². The monoisotopic (exact) mass is 198 g/mol. The van der Waals surface area contributed by atoms with Crippen LogP contribution in [0.5, 0.6) is 0 Å². The Morgan fingerprint density at radius 1 is 0.692 bits per heavy atom. The van der Waals surface area contributed by atoms with Crippen molar-refractivity contribution in [2.45, 2.75) is 19.3 Å². The third-order valence-electron chi connectivity index (χ3n) is 1.20. The van der Waals surface area contributed by atoms with Crippen LogP contribution in [0, 0.1) is 0 Å². The normalized spacial score (nSPS) is 11.5. The van der Waals surface area contributed by atoms with E-state index in [0.29, 0.717) is 19.3 Å². The molecule has 4 N–H and O–H groups in total. The third kappa shape index (κ3) is 11.7. The fraction of sp³-hybridized carbons (Fsp3) is 1.00. The van der Waals surface area contributed by atoms with Gasteiger partial charge in [-0.2, -0.15) is 0 Å². The SMILES string of the molecule is ON(O)OCCCCCON(O)O. The summed E-state index contributed by atoms with van der Waals surface area (Å²) in [5.74, 6) is 0. The lowest BCUT2D eigenvalue weighted by molar-refractivity contribution is -0.493. The van der Waals surface area contributed by atoms with Gasteiger partial charge in [-0.1, -0.05) is 0 Å². The maximum atomic E-state index is 8.10. The zero-order valence-corrected chi connectivity index (χ0v) is 7.04. The average molecular weight is 198 g/mol. The Morgan fingerprint density at radius 2 is 1.08 bits per heavy atom. The van der Waals surface area contributed by atoms with Crippen molar-refractivity contribution >= 4 is 0 Å². The highest BCUT2D eigenvalue weighted by molar-refractivity contribution is 4.37. The van der Waals surface area contributed by atoms with Crippen LogP contribution >= 0.6 is 0 Å². The van der Waals surface area contributed by atoms with Crippen LogP contribution in [0.2, 0.25) is 0 Å². The van der Waals surface area contributed by atoms with Crippen molar-refractivity contribution < 1.29 is 30.5 Å². The second-order valence-electron chi connectivity index (χ2n) is 2.23. The lowest BCUT2D eigenvalue weighted by atomic mass is 10.2. The van der Waals surface area contributed by atoms with Crippen LogP contribution in [0.1, 0.15) is 19.3 Å². The summed E-state index contributed by atoms with van der Waals surface area (Å²) in [4.78, 5) is 8.53. The molecule has 0 aromatic carbocycles. The average Bonchev–Trinajstić information content (AvgIpc) is 2.01. The summed E-state index contributed by atoms with van der Waals surface area (Å²) >= 11 is 0. The van der Waals surface area contributed by atoms with Crippen LogP contribution in [-0.2, 0) is 9.68 Å². The van der Waals surface area contributed by atoms with Crippen molar-refractivity contribution in [1.82, 2.24) is 10.8 Å². The lowest BCUT2D eigenvalue weighted by Crippen LogP contribution is -2.16. The molecule has 0 unspecified atom stereocenters. The molecule has 8 heteroatoms. The number of hydrogen-bond acceptors (Lipinski definition) is 8. The standard InChI is InChI=1S/C5H14N2O6/c8-6(9)12-4-2-1-3-5-13-7(10)11/h8-11H,1-5H2. The van der Waals surface area contributed by atoms with Crippen molar-refractivity contribution in [2.24, 2.45) is 0 Å². The van der Waals surface area contributed by atoms with E-state index in [1.165, 1.54) is 0 Å². The molecule has 0 saturated carbocycles. The van der Waals surface area contributed by atoms with E-state index in [0.717, 1.165) is 0 Å². The van der Waals surface area contributed by atoms with Gasteiger partial charge in [-0.3, -0.25) is 30.5 Å². The summed E-state index contributed by atoms with van der Waals surface area (Å²) in [5.41, 5.74) is 0. The molecule has 0 aromatic heterocycles. The molecule has 0 fully saturated rings. The van der Waals surface area contributed by atoms with E-state index in [4.69, 9.17) is 20.8 Å². The van der Waals surface area contributed by atoms with E-state index in [1.54, 1.807) is 0 Å². The first-order valence-electron chi connectivity index (χ1n) is 3.74. The fourth-order valence-electron chi connectivity index (χ4n) is 0.673. The molecule has 0 radical (unpaired) electrons. The molecular weight excluding hydrogens is 184 g/mol. The topological polar surface area (TPSA) is 106 Å². The first-order valence-corrected chi connectivity index (χ1v) is 3.74. The highest BCUT2D eigenvalue weighted by atomic mass is 17.1. The van der Waals surface area contributed by atoms with E-state index in [-0.39, 0.29) is 24.0 Å². The highest BCUT2D eigenvalue weighted by Crippen LogP contribution is 1.97. The molecule has 0 bridgehead atoms. The minimum absolute atomic E-state index is 0.176. The van der Waals surface area contributed by atoms with Gasteiger partial charge in [-0.25, -0.2) is 0 Å². The Morgan fingerprint density at radius 3 is 1.38 bits per heavy atom. The van der Waals surface area contributed by atoms with Gasteiger partial charge >= 0.3 is 0 Å². The number of rotatable bonds is 8. The van der Waals surface area contributed by atoms with Crippen LogP contribution in [0.4, 0.5) is 0 Å². The summed E-state index contributed by atoms with van der Waals surface area (Å²) in [6.07, 6.45) is 1.93. The van der Waals surface area contributed by atoms with Crippen molar-refractivity contribution in [2.75, 3.05) is 13.2 Å². The van der Waals surface area contributed by atoms with Crippen molar-refractivity contribution in [3.05, 3.63) is 0 Å². The molecule has 0 amide bonds. The third-order valence-corrected chi connectivity index (χ3v) is 1.20. The zero-order valence-electron chi connectivity index (χ0n) is 7.04. The molecule has 0 heterocycles. The number of unbranched alkanes of at least 4 members (excludes halogenated alkanes) is 2. The van der Waals surface area contributed by atoms with Gasteiger partial charge in [-0.15, -0.1) is 0 Å². The zero-order chi connectivity index (χ0) is 10.1. The Balaban J connectivity index is 2.92. The molecule has 13 heavy (non-hydrogen) atoms. The van der Waals surface area contributed by atoms with Gasteiger partial charge in [0.2, 0.25) is 0 Å². The van der Waals surface area contributed by atoms with Gasteiger partial charge < -0.3 is 0 Å². The largest absolute Gasteiger partial charge is 0.266 e. The van der Waals surface area contributed by atoms with Crippen molar-refractivity contribution in [3.8, 4) is 0 Å². The van der Waals surface area contributed by atoms with E-state index < -0.39 is 0 Å². The van der Waals surface area contributed by atoms with Crippen LogP contribution in [0.25, 0.3) is 0 Å². The fourth-order valence-corrected chi connectivity index (χ4v) is 0.673. The van der Waals surface area contributed by atoms with Crippen LogP contribution in [0.3, 0.4) is 0 Å². The molecule has 0 saturated heterocycles. The second-order valence-corrected chi connectivity index (χ2v) is 2.23. The first kappa shape index (κ1) is 12.7. The van der Waals surface area contributed by atoms with Crippen LogP contribution in [0.15, 0.2) is 0 Å².